The monoisotopic (exact) mass is 240 g/mol. The summed E-state index contributed by atoms with van der Waals surface area (Å²) in [6.07, 6.45) is 6.07. The Morgan fingerprint density at radius 1 is 1.18 bits per heavy atom. The number of allylic oxidation sites excluding steroid dienone is 2. The highest BCUT2D eigenvalue weighted by Crippen LogP contribution is 2.12. The number of esters is 1. The molecule has 100 valence electrons. The van der Waals surface area contributed by atoms with Crippen LogP contribution >= 0.6 is 0 Å². The van der Waals surface area contributed by atoms with Crippen molar-refractivity contribution in [3.8, 4) is 0 Å². The van der Waals surface area contributed by atoms with Gasteiger partial charge >= 0.3 is 5.97 Å². The summed E-state index contributed by atoms with van der Waals surface area (Å²) in [5, 5.41) is 0. The first-order valence-electron chi connectivity index (χ1n) is 6.70. The van der Waals surface area contributed by atoms with Crippen molar-refractivity contribution in [3.05, 3.63) is 11.6 Å². The molecule has 0 unspecified atom stereocenters. The van der Waals surface area contributed by atoms with Crippen molar-refractivity contribution in [2.75, 3.05) is 6.61 Å². The van der Waals surface area contributed by atoms with Gasteiger partial charge in [-0.2, -0.15) is 0 Å². The van der Waals surface area contributed by atoms with Crippen LogP contribution in [-0.2, 0) is 9.53 Å². The van der Waals surface area contributed by atoms with E-state index in [0.717, 1.165) is 12.8 Å². The van der Waals surface area contributed by atoms with Crippen LogP contribution in [0.4, 0.5) is 0 Å². The molecule has 0 rings (SSSR count). The average Bonchev–Trinajstić information content (AvgIpc) is 2.15. The van der Waals surface area contributed by atoms with Crippen molar-refractivity contribution in [2.24, 2.45) is 11.8 Å². The van der Waals surface area contributed by atoms with Gasteiger partial charge in [0.05, 0.1) is 6.61 Å². The largest absolute Gasteiger partial charge is 0.466 e. The predicted octanol–water partition coefficient (Wildman–Crippen LogP) is 4.35. The van der Waals surface area contributed by atoms with E-state index in [1.165, 1.54) is 12.0 Å². The molecule has 2 heteroatoms. The molecule has 0 bridgehead atoms. The molecule has 0 fully saturated rings. The molecule has 0 radical (unpaired) electrons. The molecule has 0 aliphatic carbocycles. The SMILES string of the molecule is CC(C)=CCC[C@H](C)CCOC(=O)CC(C)C. The summed E-state index contributed by atoms with van der Waals surface area (Å²) in [6, 6.07) is 0. The van der Waals surface area contributed by atoms with E-state index in [9.17, 15) is 4.79 Å². The van der Waals surface area contributed by atoms with Gasteiger partial charge in [0.1, 0.15) is 0 Å². The highest BCUT2D eigenvalue weighted by molar-refractivity contribution is 5.69. The minimum atomic E-state index is -0.0588. The fraction of sp³-hybridized carbons (Fsp3) is 0.800. The first kappa shape index (κ1) is 16.2. The molecule has 1 atom stereocenters. The molecule has 0 aliphatic heterocycles. The van der Waals surface area contributed by atoms with Crippen LogP contribution in [0.25, 0.3) is 0 Å². The molecule has 2 nitrogen and oxygen atoms in total. The molecule has 0 aromatic carbocycles. The Hall–Kier alpha value is -0.790. The van der Waals surface area contributed by atoms with Crippen LogP contribution in [0.5, 0.6) is 0 Å². The Bertz CT molecular complexity index is 237. The topological polar surface area (TPSA) is 26.3 Å². The lowest BCUT2D eigenvalue weighted by molar-refractivity contribution is -0.144. The van der Waals surface area contributed by atoms with Gasteiger partial charge in [-0.25, -0.2) is 0 Å². The summed E-state index contributed by atoms with van der Waals surface area (Å²) in [4.78, 5) is 11.3. The highest BCUT2D eigenvalue weighted by Gasteiger charge is 2.07. The number of carbonyl (C=O) groups excluding carboxylic acids is 1. The molecule has 0 spiro atoms. The Morgan fingerprint density at radius 2 is 1.82 bits per heavy atom. The number of ether oxygens (including phenoxy) is 1. The zero-order valence-electron chi connectivity index (χ0n) is 12.1. The van der Waals surface area contributed by atoms with Crippen molar-refractivity contribution in [2.45, 2.75) is 60.3 Å². The van der Waals surface area contributed by atoms with Gasteiger partial charge in [-0.15, -0.1) is 0 Å². The minimum absolute atomic E-state index is 0.0588. The van der Waals surface area contributed by atoms with Crippen LogP contribution < -0.4 is 0 Å². The minimum Gasteiger partial charge on any atom is -0.466 e. The molecule has 0 aliphatic rings. The van der Waals surface area contributed by atoms with Crippen molar-refractivity contribution >= 4 is 5.97 Å². The summed E-state index contributed by atoms with van der Waals surface area (Å²) in [5.41, 5.74) is 1.38. The molecule has 0 heterocycles. The lowest BCUT2D eigenvalue weighted by Gasteiger charge is -2.11. The van der Waals surface area contributed by atoms with Gasteiger partial charge < -0.3 is 4.74 Å². The van der Waals surface area contributed by atoms with Gasteiger partial charge in [0, 0.05) is 6.42 Å². The van der Waals surface area contributed by atoms with Crippen LogP contribution in [0.15, 0.2) is 11.6 Å². The van der Waals surface area contributed by atoms with E-state index in [-0.39, 0.29) is 5.97 Å². The second-order valence-corrected chi connectivity index (χ2v) is 5.57. The molecule has 0 N–H and O–H groups in total. The van der Waals surface area contributed by atoms with Crippen LogP contribution in [0.2, 0.25) is 0 Å². The molecule has 0 saturated carbocycles. The van der Waals surface area contributed by atoms with Gasteiger partial charge in [0.25, 0.3) is 0 Å². The molecule has 0 aromatic rings. The summed E-state index contributed by atoms with van der Waals surface area (Å²) in [7, 11) is 0. The third-order valence-electron chi connectivity index (χ3n) is 2.66. The standard InChI is InChI=1S/C15H28O2/c1-12(2)7-6-8-14(5)9-10-17-15(16)11-13(3)4/h7,13-14H,6,8-11H2,1-5H3/t14-/m0/s1. The van der Waals surface area contributed by atoms with E-state index >= 15 is 0 Å². The highest BCUT2D eigenvalue weighted by atomic mass is 16.5. The summed E-state index contributed by atoms with van der Waals surface area (Å²) < 4.78 is 5.20. The van der Waals surface area contributed by atoms with Crippen molar-refractivity contribution in [1.29, 1.82) is 0 Å². The zero-order chi connectivity index (χ0) is 13.3. The first-order valence-corrected chi connectivity index (χ1v) is 6.70. The summed E-state index contributed by atoms with van der Waals surface area (Å²) in [6.45, 7) is 11.1. The maximum absolute atomic E-state index is 11.3. The molecule has 0 aromatic heterocycles. The molecular formula is C15H28O2. The second-order valence-electron chi connectivity index (χ2n) is 5.57. The van der Waals surface area contributed by atoms with E-state index in [0.29, 0.717) is 24.9 Å². The van der Waals surface area contributed by atoms with E-state index in [1.807, 2.05) is 13.8 Å². The second kappa shape index (κ2) is 9.26. The summed E-state index contributed by atoms with van der Waals surface area (Å²) >= 11 is 0. The maximum atomic E-state index is 11.3. The van der Waals surface area contributed by atoms with Crippen LogP contribution in [-0.4, -0.2) is 12.6 Å². The smallest absolute Gasteiger partial charge is 0.306 e. The van der Waals surface area contributed by atoms with E-state index < -0.39 is 0 Å². The quantitative estimate of drug-likeness (QED) is 0.466. The normalized spacial score (nSPS) is 12.4. The van der Waals surface area contributed by atoms with Gasteiger partial charge in [-0.3, -0.25) is 4.79 Å². The van der Waals surface area contributed by atoms with E-state index in [4.69, 9.17) is 4.74 Å². The molecule has 0 saturated heterocycles. The number of carbonyl (C=O) groups is 1. The van der Waals surface area contributed by atoms with Crippen molar-refractivity contribution in [3.63, 3.8) is 0 Å². The Labute approximate surface area is 106 Å². The predicted molar refractivity (Wildman–Crippen MR) is 72.9 cm³/mol. The van der Waals surface area contributed by atoms with Crippen LogP contribution in [0.3, 0.4) is 0 Å². The number of rotatable bonds is 8. The third kappa shape index (κ3) is 11.5. The molecular weight excluding hydrogens is 212 g/mol. The number of hydrogen-bond acceptors (Lipinski definition) is 2. The Balaban J connectivity index is 3.54. The molecule has 17 heavy (non-hydrogen) atoms. The fourth-order valence-electron chi connectivity index (χ4n) is 1.57. The maximum Gasteiger partial charge on any atom is 0.306 e. The zero-order valence-corrected chi connectivity index (χ0v) is 12.1. The Kier molecular flexibility index (Phi) is 8.83. The van der Waals surface area contributed by atoms with E-state index in [1.54, 1.807) is 0 Å². The van der Waals surface area contributed by atoms with E-state index in [2.05, 4.69) is 26.8 Å². The van der Waals surface area contributed by atoms with Crippen LogP contribution in [0.1, 0.15) is 60.3 Å². The van der Waals surface area contributed by atoms with Gasteiger partial charge in [-0.1, -0.05) is 32.4 Å². The van der Waals surface area contributed by atoms with Gasteiger partial charge in [-0.05, 0) is 44.9 Å². The average molecular weight is 240 g/mol. The van der Waals surface area contributed by atoms with Crippen LogP contribution in [0, 0.1) is 11.8 Å². The first-order chi connectivity index (χ1) is 7.91. The number of hydrogen-bond donors (Lipinski definition) is 0. The summed E-state index contributed by atoms with van der Waals surface area (Å²) in [5.74, 6) is 0.950. The van der Waals surface area contributed by atoms with Crippen molar-refractivity contribution in [1.82, 2.24) is 0 Å². The lowest BCUT2D eigenvalue weighted by atomic mass is 10.0. The van der Waals surface area contributed by atoms with Gasteiger partial charge in [0.15, 0.2) is 0 Å². The third-order valence-corrected chi connectivity index (χ3v) is 2.66. The fourth-order valence-corrected chi connectivity index (χ4v) is 1.57. The Morgan fingerprint density at radius 3 is 2.35 bits per heavy atom. The lowest BCUT2D eigenvalue weighted by Crippen LogP contribution is -2.10. The molecule has 0 amide bonds. The van der Waals surface area contributed by atoms with Gasteiger partial charge in [0.2, 0.25) is 0 Å². The van der Waals surface area contributed by atoms with Crippen molar-refractivity contribution < 1.29 is 9.53 Å².